The molecule has 0 radical (unpaired) electrons. The van der Waals surface area contributed by atoms with Crippen molar-refractivity contribution < 1.29 is 12.8 Å². The fourth-order valence-electron chi connectivity index (χ4n) is 1.49. The van der Waals surface area contributed by atoms with Crippen LogP contribution in [0.1, 0.15) is 33.3 Å². The van der Waals surface area contributed by atoms with Gasteiger partial charge in [-0.2, -0.15) is 0 Å². The Bertz CT molecular complexity index is 616. The van der Waals surface area contributed by atoms with E-state index < -0.39 is 15.8 Å². The van der Waals surface area contributed by atoms with Crippen molar-refractivity contribution >= 4 is 21.6 Å². The van der Waals surface area contributed by atoms with E-state index in [1.807, 2.05) is 27.7 Å². The smallest absolute Gasteiger partial charge is 0.240 e. The van der Waals surface area contributed by atoms with Crippen LogP contribution < -0.4 is 10.5 Å². The SMILES string of the molecule is CC(C)C(C)(C)CNS(=O)(=O)c1cc(F)c(Cl)c(CN)c1. The van der Waals surface area contributed by atoms with Gasteiger partial charge in [-0.3, -0.25) is 0 Å². The maximum absolute atomic E-state index is 13.7. The standard InChI is InChI=1S/C14H22ClFN2O2S/c1-9(2)14(3,4)8-18-21(19,20)11-5-10(7-17)13(15)12(16)6-11/h5-6,9,18H,7-8,17H2,1-4H3. The summed E-state index contributed by atoms with van der Waals surface area (Å²) in [5, 5.41) is -0.140. The Labute approximate surface area is 130 Å². The van der Waals surface area contributed by atoms with E-state index in [1.54, 1.807) is 0 Å². The highest BCUT2D eigenvalue weighted by molar-refractivity contribution is 7.89. The molecule has 0 unspecified atom stereocenters. The van der Waals surface area contributed by atoms with E-state index in [1.165, 1.54) is 6.07 Å². The molecule has 21 heavy (non-hydrogen) atoms. The topological polar surface area (TPSA) is 72.2 Å². The van der Waals surface area contributed by atoms with E-state index in [2.05, 4.69) is 4.72 Å². The lowest BCUT2D eigenvalue weighted by atomic mass is 9.81. The maximum atomic E-state index is 13.7. The molecular formula is C14H22ClFN2O2S. The van der Waals surface area contributed by atoms with Gasteiger partial charge in [-0.1, -0.05) is 39.3 Å². The Kier molecular flexibility index (Phi) is 5.77. The van der Waals surface area contributed by atoms with Crippen molar-refractivity contribution in [1.29, 1.82) is 0 Å². The zero-order chi connectivity index (χ0) is 16.4. The van der Waals surface area contributed by atoms with Crippen LogP contribution in [0.5, 0.6) is 0 Å². The van der Waals surface area contributed by atoms with Gasteiger partial charge in [0.1, 0.15) is 5.82 Å². The molecule has 0 fully saturated rings. The first-order valence-corrected chi connectivity index (χ1v) is 8.55. The summed E-state index contributed by atoms with van der Waals surface area (Å²) in [5.74, 6) is -0.495. The van der Waals surface area contributed by atoms with Crippen LogP contribution in [0.15, 0.2) is 17.0 Å². The van der Waals surface area contributed by atoms with Crippen LogP contribution in [0.2, 0.25) is 5.02 Å². The molecule has 0 amide bonds. The minimum atomic E-state index is -3.80. The lowest BCUT2D eigenvalue weighted by Crippen LogP contribution is -2.37. The predicted molar refractivity (Wildman–Crippen MR) is 83.1 cm³/mol. The van der Waals surface area contributed by atoms with Crippen molar-refractivity contribution in [3.05, 3.63) is 28.5 Å². The summed E-state index contributed by atoms with van der Waals surface area (Å²) in [4.78, 5) is -0.163. The first-order valence-electron chi connectivity index (χ1n) is 6.69. The van der Waals surface area contributed by atoms with Crippen molar-refractivity contribution in [2.75, 3.05) is 6.54 Å². The summed E-state index contributed by atoms with van der Waals surface area (Å²) in [6, 6.07) is 2.21. The van der Waals surface area contributed by atoms with E-state index in [9.17, 15) is 12.8 Å². The molecule has 0 aliphatic rings. The van der Waals surface area contributed by atoms with Crippen LogP contribution in [0.3, 0.4) is 0 Å². The summed E-state index contributed by atoms with van der Waals surface area (Å²) >= 11 is 5.74. The maximum Gasteiger partial charge on any atom is 0.240 e. The molecule has 0 spiro atoms. The zero-order valence-electron chi connectivity index (χ0n) is 12.7. The Hall–Kier alpha value is -0.690. The minimum absolute atomic E-state index is 0.0312. The summed E-state index contributed by atoms with van der Waals surface area (Å²) in [7, 11) is -3.80. The van der Waals surface area contributed by atoms with Gasteiger partial charge in [0.05, 0.1) is 9.92 Å². The van der Waals surface area contributed by atoms with Crippen LogP contribution in [0.25, 0.3) is 0 Å². The molecule has 3 N–H and O–H groups in total. The largest absolute Gasteiger partial charge is 0.326 e. The molecule has 0 saturated heterocycles. The van der Waals surface area contributed by atoms with Crippen LogP contribution in [0, 0.1) is 17.2 Å². The molecule has 1 rings (SSSR count). The first kappa shape index (κ1) is 18.4. The van der Waals surface area contributed by atoms with E-state index in [0.29, 0.717) is 5.92 Å². The number of benzene rings is 1. The molecule has 0 heterocycles. The lowest BCUT2D eigenvalue weighted by molar-refractivity contribution is 0.252. The third kappa shape index (κ3) is 4.39. The fraction of sp³-hybridized carbons (Fsp3) is 0.571. The third-order valence-electron chi connectivity index (χ3n) is 3.89. The van der Waals surface area contributed by atoms with Crippen LogP contribution in [-0.4, -0.2) is 15.0 Å². The van der Waals surface area contributed by atoms with Crippen molar-refractivity contribution in [2.24, 2.45) is 17.1 Å². The molecule has 0 aliphatic carbocycles. The second-order valence-electron chi connectivity index (χ2n) is 6.05. The van der Waals surface area contributed by atoms with Gasteiger partial charge in [0.2, 0.25) is 10.0 Å². The number of sulfonamides is 1. The van der Waals surface area contributed by atoms with Gasteiger partial charge in [0.25, 0.3) is 0 Å². The van der Waals surface area contributed by atoms with Gasteiger partial charge >= 0.3 is 0 Å². The number of nitrogens with two attached hydrogens (primary N) is 1. The van der Waals surface area contributed by atoms with Gasteiger partial charge in [0, 0.05) is 13.1 Å². The highest BCUT2D eigenvalue weighted by atomic mass is 35.5. The van der Waals surface area contributed by atoms with Gasteiger partial charge in [-0.05, 0) is 29.0 Å². The lowest BCUT2D eigenvalue weighted by Gasteiger charge is -2.29. The molecule has 7 heteroatoms. The Morgan fingerprint density at radius 1 is 1.38 bits per heavy atom. The molecule has 0 aromatic heterocycles. The van der Waals surface area contributed by atoms with Gasteiger partial charge in [-0.25, -0.2) is 17.5 Å². The summed E-state index contributed by atoms with van der Waals surface area (Å²) < 4.78 is 40.7. The van der Waals surface area contributed by atoms with E-state index in [0.717, 1.165) is 6.07 Å². The van der Waals surface area contributed by atoms with E-state index >= 15 is 0 Å². The van der Waals surface area contributed by atoms with E-state index in [-0.39, 0.29) is 34.0 Å². The average molecular weight is 337 g/mol. The molecule has 1 aromatic carbocycles. The number of rotatable bonds is 6. The van der Waals surface area contributed by atoms with Crippen molar-refractivity contribution in [3.63, 3.8) is 0 Å². The van der Waals surface area contributed by atoms with Crippen molar-refractivity contribution in [3.8, 4) is 0 Å². The molecular weight excluding hydrogens is 315 g/mol. The van der Waals surface area contributed by atoms with Gasteiger partial charge in [0.15, 0.2) is 0 Å². The van der Waals surface area contributed by atoms with Crippen LogP contribution >= 0.6 is 11.6 Å². The first-order chi connectivity index (χ1) is 9.51. The fourth-order valence-corrected chi connectivity index (χ4v) is 2.96. The molecule has 120 valence electrons. The van der Waals surface area contributed by atoms with Crippen LogP contribution in [-0.2, 0) is 16.6 Å². The summed E-state index contributed by atoms with van der Waals surface area (Å²) in [6.07, 6.45) is 0. The van der Waals surface area contributed by atoms with Crippen LogP contribution in [0.4, 0.5) is 4.39 Å². The molecule has 0 saturated carbocycles. The third-order valence-corrected chi connectivity index (χ3v) is 5.69. The molecule has 1 aromatic rings. The number of halogens is 2. The van der Waals surface area contributed by atoms with Gasteiger partial charge < -0.3 is 5.73 Å². The summed E-state index contributed by atoms with van der Waals surface area (Å²) in [6.45, 7) is 8.19. The number of nitrogens with one attached hydrogen (secondary N) is 1. The zero-order valence-corrected chi connectivity index (χ0v) is 14.3. The average Bonchev–Trinajstić information content (AvgIpc) is 2.39. The quantitative estimate of drug-likeness (QED) is 0.839. The second-order valence-corrected chi connectivity index (χ2v) is 8.20. The molecule has 0 bridgehead atoms. The van der Waals surface area contributed by atoms with Crippen molar-refractivity contribution in [2.45, 2.75) is 39.1 Å². The predicted octanol–water partition coefficient (Wildman–Crippen LogP) is 2.90. The second kappa shape index (κ2) is 6.60. The number of hydrogen-bond acceptors (Lipinski definition) is 3. The minimum Gasteiger partial charge on any atom is -0.326 e. The summed E-state index contributed by atoms with van der Waals surface area (Å²) in [5.41, 5.74) is 5.50. The highest BCUT2D eigenvalue weighted by Gasteiger charge is 2.26. The number of hydrogen-bond donors (Lipinski definition) is 2. The Morgan fingerprint density at radius 3 is 2.43 bits per heavy atom. The Balaban J connectivity index is 3.07. The molecule has 4 nitrogen and oxygen atoms in total. The molecule has 0 aliphatic heterocycles. The highest BCUT2D eigenvalue weighted by Crippen LogP contribution is 2.27. The van der Waals surface area contributed by atoms with E-state index in [4.69, 9.17) is 17.3 Å². The van der Waals surface area contributed by atoms with Gasteiger partial charge in [-0.15, -0.1) is 0 Å². The normalized spacial score (nSPS) is 13.0. The Morgan fingerprint density at radius 2 is 1.95 bits per heavy atom. The molecule has 0 atom stereocenters. The van der Waals surface area contributed by atoms with Crippen molar-refractivity contribution in [1.82, 2.24) is 4.72 Å². The monoisotopic (exact) mass is 336 g/mol.